The molecule has 1 aliphatic heterocycles. The lowest BCUT2D eigenvalue weighted by Crippen LogP contribution is -2.43. The van der Waals surface area contributed by atoms with Gasteiger partial charge >= 0.3 is 0 Å². The maximum absolute atomic E-state index is 9.45. The van der Waals surface area contributed by atoms with Crippen molar-refractivity contribution in [3.05, 3.63) is 47.8 Å². The van der Waals surface area contributed by atoms with Crippen LogP contribution in [0.3, 0.4) is 0 Å². The molecule has 1 aromatic carbocycles. The number of nitrogens with zero attached hydrogens (tertiary/aromatic N) is 6. The van der Waals surface area contributed by atoms with Crippen molar-refractivity contribution in [1.82, 2.24) is 20.2 Å². The first-order valence-electron chi connectivity index (χ1n) is 10.1. The molecule has 0 radical (unpaired) electrons. The molecule has 0 saturated carbocycles. The second-order valence-corrected chi connectivity index (χ2v) is 7.11. The van der Waals surface area contributed by atoms with Crippen molar-refractivity contribution < 1.29 is 14.3 Å². The molecule has 30 heavy (non-hydrogen) atoms. The topological polar surface area (TPSA) is 101 Å². The summed E-state index contributed by atoms with van der Waals surface area (Å²) < 4.78 is 11.0. The van der Waals surface area contributed by atoms with E-state index in [9.17, 15) is 5.11 Å². The van der Waals surface area contributed by atoms with E-state index in [2.05, 4.69) is 25.0 Å². The van der Waals surface area contributed by atoms with Gasteiger partial charge in [0.05, 0.1) is 31.6 Å². The summed E-state index contributed by atoms with van der Waals surface area (Å²) in [5.41, 5.74) is 2.63. The number of hydrogen-bond acceptors (Lipinski definition) is 9. The van der Waals surface area contributed by atoms with E-state index >= 15 is 0 Å². The molecule has 0 unspecified atom stereocenters. The first kappa shape index (κ1) is 20.2. The Kier molecular flexibility index (Phi) is 6.20. The normalized spacial score (nSPS) is 13.6. The van der Waals surface area contributed by atoms with Gasteiger partial charge in [-0.2, -0.15) is 0 Å². The smallest absolute Gasteiger partial charge is 0.235 e. The molecule has 9 heteroatoms. The molecular formula is C21H26N6O3. The average molecular weight is 410 g/mol. The van der Waals surface area contributed by atoms with Gasteiger partial charge in [0.25, 0.3) is 0 Å². The van der Waals surface area contributed by atoms with Gasteiger partial charge in [0.2, 0.25) is 11.8 Å². The molecule has 0 saturated heterocycles. The standard InChI is InChI=1S/C21H26N6O3/c1-3-18-24-25-19(30-18)13-27-8-7-26(9-10-29-2)21-17(27)12-22-20(23-21)16-6-4-5-15(11-16)14-28/h4-6,11-12,28H,3,7-10,13-14H2,1-2H3. The molecule has 158 valence electrons. The fourth-order valence-corrected chi connectivity index (χ4v) is 3.48. The average Bonchev–Trinajstić information content (AvgIpc) is 3.26. The van der Waals surface area contributed by atoms with Crippen LogP contribution in [-0.2, 0) is 24.3 Å². The summed E-state index contributed by atoms with van der Waals surface area (Å²) in [7, 11) is 1.70. The Morgan fingerprint density at radius 2 is 2.00 bits per heavy atom. The highest BCUT2D eigenvalue weighted by Gasteiger charge is 2.26. The fraction of sp³-hybridized carbons (Fsp3) is 0.429. The maximum atomic E-state index is 9.45. The summed E-state index contributed by atoms with van der Waals surface area (Å²) in [4.78, 5) is 13.9. The van der Waals surface area contributed by atoms with Crippen LogP contribution in [0.2, 0.25) is 0 Å². The van der Waals surface area contributed by atoms with E-state index in [1.165, 1.54) is 0 Å². The lowest BCUT2D eigenvalue weighted by molar-refractivity contribution is 0.205. The third-order valence-corrected chi connectivity index (χ3v) is 5.10. The third-order valence-electron chi connectivity index (χ3n) is 5.10. The molecule has 1 N–H and O–H groups in total. The molecule has 0 atom stereocenters. The molecule has 0 amide bonds. The molecule has 9 nitrogen and oxygen atoms in total. The summed E-state index contributed by atoms with van der Waals surface area (Å²) in [6.45, 7) is 5.44. The molecule has 0 aliphatic carbocycles. The van der Waals surface area contributed by atoms with Gasteiger partial charge in [-0.3, -0.25) is 0 Å². The lowest BCUT2D eigenvalue weighted by atomic mass is 10.1. The summed E-state index contributed by atoms with van der Waals surface area (Å²) in [5, 5.41) is 17.7. The van der Waals surface area contributed by atoms with Gasteiger partial charge in [-0.1, -0.05) is 25.1 Å². The van der Waals surface area contributed by atoms with E-state index in [0.717, 1.165) is 42.3 Å². The molecule has 3 aromatic rings. The van der Waals surface area contributed by atoms with E-state index < -0.39 is 0 Å². The van der Waals surface area contributed by atoms with E-state index in [4.69, 9.17) is 14.1 Å². The van der Waals surface area contributed by atoms with Gasteiger partial charge in [0, 0.05) is 38.7 Å². The molecule has 0 fully saturated rings. The van der Waals surface area contributed by atoms with Crippen LogP contribution in [0.4, 0.5) is 11.5 Å². The number of rotatable bonds is 8. The minimum Gasteiger partial charge on any atom is -0.423 e. The quantitative estimate of drug-likeness (QED) is 0.598. The molecule has 0 spiro atoms. The van der Waals surface area contributed by atoms with Crippen molar-refractivity contribution in [2.45, 2.75) is 26.5 Å². The lowest BCUT2D eigenvalue weighted by Gasteiger charge is -2.37. The predicted molar refractivity (Wildman–Crippen MR) is 112 cm³/mol. The largest absolute Gasteiger partial charge is 0.423 e. The number of aliphatic hydroxyl groups excluding tert-OH is 1. The first-order valence-corrected chi connectivity index (χ1v) is 10.1. The SMILES string of the molecule is CCc1nnc(CN2CCN(CCOC)c3nc(-c4cccc(CO)c4)ncc32)o1. The number of fused-ring (bicyclic) bond motifs is 1. The number of aryl methyl sites for hydroxylation is 1. The van der Waals surface area contributed by atoms with Crippen LogP contribution in [0.15, 0.2) is 34.9 Å². The van der Waals surface area contributed by atoms with Gasteiger partial charge in [0.15, 0.2) is 11.6 Å². The zero-order chi connectivity index (χ0) is 20.9. The molecule has 4 rings (SSSR count). The van der Waals surface area contributed by atoms with Crippen LogP contribution >= 0.6 is 0 Å². The fourth-order valence-electron chi connectivity index (χ4n) is 3.48. The highest BCUT2D eigenvalue weighted by Crippen LogP contribution is 2.33. The van der Waals surface area contributed by atoms with Crippen LogP contribution < -0.4 is 9.80 Å². The zero-order valence-electron chi connectivity index (χ0n) is 17.3. The molecule has 1 aliphatic rings. The number of aromatic nitrogens is 4. The summed E-state index contributed by atoms with van der Waals surface area (Å²) >= 11 is 0. The van der Waals surface area contributed by atoms with Crippen molar-refractivity contribution in [2.24, 2.45) is 0 Å². The first-order chi connectivity index (χ1) is 14.7. The number of aliphatic hydroxyl groups is 1. The number of hydrogen-bond donors (Lipinski definition) is 1. The van der Waals surface area contributed by atoms with Gasteiger partial charge in [0.1, 0.15) is 0 Å². The Morgan fingerprint density at radius 3 is 2.77 bits per heavy atom. The Balaban J connectivity index is 1.67. The minimum atomic E-state index is -0.0174. The van der Waals surface area contributed by atoms with Gasteiger partial charge in [-0.15, -0.1) is 10.2 Å². The van der Waals surface area contributed by atoms with Crippen molar-refractivity contribution in [2.75, 3.05) is 43.2 Å². The second kappa shape index (κ2) is 9.19. The maximum Gasteiger partial charge on any atom is 0.235 e. The Morgan fingerprint density at radius 1 is 1.17 bits per heavy atom. The van der Waals surface area contributed by atoms with Crippen LogP contribution in [-0.4, -0.2) is 58.6 Å². The Labute approximate surface area is 175 Å². The zero-order valence-corrected chi connectivity index (χ0v) is 17.3. The number of benzene rings is 1. The van der Waals surface area contributed by atoms with E-state index in [1.54, 1.807) is 7.11 Å². The van der Waals surface area contributed by atoms with E-state index in [0.29, 0.717) is 37.2 Å². The molecule has 3 heterocycles. The van der Waals surface area contributed by atoms with Gasteiger partial charge in [-0.05, 0) is 11.6 Å². The summed E-state index contributed by atoms with van der Waals surface area (Å²) in [5.74, 6) is 2.70. The van der Waals surface area contributed by atoms with Crippen LogP contribution in [0.1, 0.15) is 24.3 Å². The van der Waals surface area contributed by atoms with E-state index in [1.807, 2.05) is 37.4 Å². The number of ether oxygens (including phenoxy) is 1. The van der Waals surface area contributed by atoms with E-state index in [-0.39, 0.29) is 6.61 Å². The van der Waals surface area contributed by atoms with Crippen LogP contribution in [0.25, 0.3) is 11.4 Å². The van der Waals surface area contributed by atoms with Crippen LogP contribution in [0, 0.1) is 0 Å². The van der Waals surface area contributed by atoms with Crippen molar-refractivity contribution >= 4 is 11.5 Å². The predicted octanol–water partition coefficient (Wildman–Crippen LogP) is 2.05. The number of methoxy groups -OCH3 is 1. The van der Waals surface area contributed by atoms with Crippen LogP contribution in [0.5, 0.6) is 0 Å². The van der Waals surface area contributed by atoms with Gasteiger partial charge < -0.3 is 24.1 Å². The summed E-state index contributed by atoms with van der Waals surface area (Å²) in [6, 6.07) is 7.64. The minimum absolute atomic E-state index is 0.0174. The highest BCUT2D eigenvalue weighted by molar-refractivity contribution is 5.71. The highest BCUT2D eigenvalue weighted by atomic mass is 16.5. The second-order valence-electron chi connectivity index (χ2n) is 7.11. The molecule has 0 bridgehead atoms. The summed E-state index contributed by atoms with van der Waals surface area (Å²) in [6.07, 6.45) is 2.56. The Bertz CT molecular complexity index is 992. The molecule has 2 aromatic heterocycles. The monoisotopic (exact) mass is 410 g/mol. The van der Waals surface area contributed by atoms with Gasteiger partial charge in [-0.25, -0.2) is 9.97 Å². The molecular weight excluding hydrogens is 384 g/mol. The Hall–Kier alpha value is -3.04. The number of anilines is 2. The van der Waals surface area contributed by atoms with Crippen molar-refractivity contribution in [3.63, 3.8) is 0 Å². The third kappa shape index (κ3) is 4.27. The van der Waals surface area contributed by atoms with Crippen molar-refractivity contribution in [3.8, 4) is 11.4 Å². The van der Waals surface area contributed by atoms with Crippen molar-refractivity contribution in [1.29, 1.82) is 0 Å².